The van der Waals surface area contributed by atoms with Gasteiger partial charge >= 0.3 is 0 Å². The first-order valence-electron chi connectivity index (χ1n) is 22.2. The van der Waals surface area contributed by atoms with Crippen LogP contribution in [-0.2, 0) is 0 Å². The molecule has 10 aromatic rings. The van der Waals surface area contributed by atoms with Crippen molar-refractivity contribution in [3.05, 3.63) is 248 Å². The zero-order valence-electron chi connectivity index (χ0n) is 35.6. The van der Waals surface area contributed by atoms with E-state index in [9.17, 15) is 0 Å². The molecule has 0 atom stereocenters. The molecule has 2 heterocycles. The minimum atomic E-state index is -0.00948. The highest BCUT2D eigenvalue weighted by Gasteiger charge is 2.43. The molecule has 0 unspecified atom stereocenters. The van der Waals surface area contributed by atoms with E-state index in [1.54, 1.807) is 0 Å². The number of hydrogen-bond donors (Lipinski definition) is 0. The van der Waals surface area contributed by atoms with Crippen molar-refractivity contribution in [1.29, 1.82) is 0 Å². The third-order valence-electron chi connectivity index (χ3n) is 13.0. The Morgan fingerprint density at radius 1 is 0.266 bits per heavy atom. The quantitative estimate of drug-likeness (QED) is 0.148. The lowest BCUT2D eigenvalue weighted by atomic mass is 9.33. The maximum absolute atomic E-state index is 2.55. The lowest BCUT2D eigenvalue weighted by Crippen LogP contribution is -2.61. The normalized spacial score (nSPS) is 12.4. The fourth-order valence-corrected chi connectivity index (χ4v) is 10.1. The molecule has 12 rings (SSSR count). The predicted molar refractivity (Wildman–Crippen MR) is 272 cm³/mol. The third-order valence-corrected chi connectivity index (χ3v) is 13.0. The number of hydrogen-bond acceptors (Lipinski definition) is 2. The molecule has 0 aliphatic carbocycles. The molecule has 0 radical (unpaired) electrons. The average Bonchev–Trinajstić information content (AvgIpc) is 3.37. The SMILES string of the molecule is Cc1cc2c3c(c1)N(c1cc(-c4ccccc4)cc(-c4ccccc4)c1)c1ccc(-c4ccccc4)cc1B3c1ccccc1N2c1cc(-c2ccccc2)cc(-c2ccccc2)c1. The summed E-state index contributed by atoms with van der Waals surface area (Å²) < 4.78 is 0. The molecule has 0 aromatic heterocycles. The van der Waals surface area contributed by atoms with Gasteiger partial charge in [-0.1, -0.05) is 182 Å². The molecule has 0 amide bonds. The molecule has 3 heteroatoms. The van der Waals surface area contributed by atoms with Crippen molar-refractivity contribution in [2.24, 2.45) is 0 Å². The van der Waals surface area contributed by atoms with Gasteiger partial charge in [-0.05, 0) is 145 Å². The Bertz CT molecular complexity index is 3200. The number of nitrogens with zero attached hydrogens (tertiary/aromatic N) is 2. The fourth-order valence-electron chi connectivity index (χ4n) is 10.1. The lowest BCUT2D eigenvalue weighted by Gasteiger charge is -2.44. The van der Waals surface area contributed by atoms with E-state index < -0.39 is 0 Å². The summed E-state index contributed by atoms with van der Waals surface area (Å²) in [5, 5.41) is 0. The van der Waals surface area contributed by atoms with Crippen LogP contribution in [0.5, 0.6) is 0 Å². The molecule has 0 saturated carbocycles. The summed E-state index contributed by atoms with van der Waals surface area (Å²) in [7, 11) is 0. The molecular formula is C61H43BN2. The van der Waals surface area contributed by atoms with Crippen LogP contribution in [0.4, 0.5) is 34.1 Å². The van der Waals surface area contributed by atoms with Gasteiger partial charge in [-0.3, -0.25) is 0 Å². The third kappa shape index (κ3) is 6.53. The van der Waals surface area contributed by atoms with Gasteiger partial charge in [0.15, 0.2) is 0 Å². The summed E-state index contributed by atoms with van der Waals surface area (Å²) >= 11 is 0. The number of anilines is 6. The molecule has 64 heavy (non-hydrogen) atoms. The summed E-state index contributed by atoms with van der Waals surface area (Å²) in [6.45, 7) is 2.24. The number of fused-ring (bicyclic) bond motifs is 4. The second-order valence-electron chi connectivity index (χ2n) is 17.0. The zero-order chi connectivity index (χ0) is 42.6. The van der Waals surface area contributed by atoms with E-state index in [0.717, 1.165) is 11.4 Å². The summed E-state index contributed by atoms with van der Waals surface area (Å²) in [5.74, 6) is 0. The Morgan fingerprint density at radius 3 is 1.05 bits per heavy atom. The van der Waals surface area contributed by atoms with Gasteiger partial charge in [0.2, 0.25) is 0 Å². The molecule has 300 valence electrons. The number of rotatable bonds is 7. The largest absolute Gasteiger partial charge is 0.311 e. The van der Waals surface area contributed by atoms with E-state index in [2.05, 4.69) is 259 Å². The van der Waals surface area contributed by atoms with Crippen LogP contribution in [0.25, 0.3) is 55.6 Å². The predicted octanol–water partition coefficient (Wildman–Crippen LogP) is 14.4. The Kier molecular flexibility index (Phi) is 9.20. The number of aryl methyl sites for hydroxylation is 1. The Morgan fingerprint density at radius 2 is 0.625 bits per heavy atom. The second-order valence-corrected chi connectivity index (χ2v) is 17.0. The fraction of sp³-hybridized carbons (Fsp3) is 0.0164. The van der Waals surface area contributed by atoms with E-state index in [1.807, 2.05) is 0 Å². The smallest absolute Gasteiger partial charge is 0.252 e. The van der Waals surface area contributed by atoms with Gasteiger partial charge in [0.1, 0.15) is 0 Å². The van der Waals surface area contributed by atoms with Gasteiger partial charge in [0.25, 0.3) is 6.71 Å². The molecule has 0 fully saturated rings. The van der Waals surface area contributed by atoms with Crippen LogP contribution in [0.2, 0.25) is 0 Å². The molecule has 2 aliphatic rings. The van der Waals surface area contributed by atoms with Crippen molar-refractivity contribution < 1.29 is 0 Å². The van der Waals surface area contributed by atoms with Crippen molar-refractivity contribution in [2.75, 3.05) is 9.80 Å². The van der Waals surface area contributed by atoms with Crippen LogP contribution < -0.4 is 26.2 Å². The first kappa shape index (κ1) is 37.6. The zero-order valence-corrected chi connectivity index (χ0v) is 35.6. The van der Waals surface area contributed by atoms with E-state index in [0.29, 0.717) is 0 Å². The molecular weight excluding hydrogens is 771 g/mol. The highest BCUT2D eigenvalue weighted by molar-refractivity contribution is 7.00. The summed E-state index contributed by atoms with van der Waals surface area (Å²) in [4.78, 5) is 5.09. The van der Waals surface area contributed by atoms with Crippen molar-refractivity contribution in [2.45, 2.75) is 6.92 Å². The van der Waals surface area contributed by atoms with Crippen molar-refractivity contribution >= 4 is 57.2 Å². The van der Waals surface area contributed by atoms with Gasteiger partial charge in [-0.2, -0.15) is 0 Å². The van der Waals surface area contributed by atoms with Crippen molar-refractivity contribution in [3.63, 3.8) is 0 Å². The van der Waals surface area contributed by atoms with Gasteiger partial charge in [0, 0.05) is 34.1 Å². The molecule has 0 spiro atoms. The maximum Gasteiger partial charge on any atom is 0.252 e. The highest BCUT2D eigenvalue weighted by Crippen LogP contribution is 2.47. The van der Waals surface area contributed by atoms with Crippen LogP contribution in [0.3, 0.4) is 0 Å². The number of para-hydroxylation sites is 1. The van der Waals surface area contributed by atoms with Crippen LogP contribution >= 0.6 is 0 Å². The Labute approximate surface area is 376 Å². The van der Waals surface area contributed by atoms with Crippen LogP contribution in [0, 0.1) is 6.92 Å². The standard InChI is InChI=1S/C61H43BN2/c1-42-33-59-61-60(34-42)64(54-39-51(46-25-13-5-14-26-46)36-52(40-54)47-27-15-6-16-28-47)58-32-31-48(43-19-7-2-8-20-43)41-56(58)62(61)55-29-17-18-30-57(55)63(59)53-37-49(44-21-9-3-10-22-44)35-50(38-53)45-23-11-4-12-24-45/h2-41H,1H3. The number of benzene rings is 10. The molecule has 0 N–H and O–H groups in total. The maximum atomic E-state index is 2.55. The minimum absolute atomic E-state index is 0.00948. The molecule has 0 bridgehead atoms. The Hall–Kier alpha value is -8.14. The van der Waals surface area contributed by atoms with E-state index >= 15 is 0 Å². The van der Waals surface area contributed by atoms with Gasteiger partial charge < -0.3 is 9.80 Å². The molecule has 10 aromatic carbocycles. The Balaban J connectivity index is 1.15. The summed E-state index contributed by atoms with van der Waals surface area (Å²) in [6.07, 6.45) is 0. The van der Waals surface area contributed by atoms with Crippen molar-refractivity contribution in [3.8, 4) is 55.6 Å². The van der Waals surface area contributed by atoms with E-state index in [-0.39, 0.29) is 6.71 Å². The van der Waals surface area contributed by atoms with Crippen LogP contribution in [-0.4, -0.2) is 6.71 Å². The first-order chi connectivity index (χ1) is 31.6. The molecule has 2 nitrogen and oxygen atoms in total. The van der Waals surface area contributed by atoms with Gasteiger partial charge in [-0.15, -0.1) is 0 Å². The van der Waals surface area contributed by atoms with Gasteiger partial charge in [-0.25, -0.2) is 0 Å². The minimum Gasteiger partial charge on any atom is -0.311 e. The molecule has 0 saturated heterocycles. The van der Waals surface area contributed by atoms with Crippen LogP contribution in [0.15, 0.2) is 243 Å². The van der Waals surface area contributed by atoms with Crippen LogP contribution in [0.1, 0.15) is 5.56 Å². The molecule has 2 aliphatic heterocycles. The summed E-state index contributed by atoms with van der Waals surface area (Å²) in [5.41, 5.74) is 24.1. The first-order valence-corrected chi connectivity index (χ1v) is 22.2. The second kappa shape index (κ2) is 15.6. The average molecular weight is 815 g/mol. The highest BCUT2D eigenvalue weighted by atomic mass is 15.2. The van der Waals surface area contributed by atoms with E-state index in [1.165, 1.54) is 100 Å². The van der Waals surface area contributed by atoms with E-state index in [4.69, 9.17) is 0 Å². The van der Waals surface area contributed by atoms with Crippen molar-refractivity contribution in [1.82, 2.24) is 0 Å². The summed E-state index contributed by atoms with van der Waals surface area (Å²) in [6, 6.07) is 89.3. The monoisotopic (exact) mass is 814 g/mol. The van der Waals surface area contributed by atoms with Gasteiger partial charge in [0.05, 0.1) is 0 Å². The lowest BCUT2D eigenvalue weighted by molar-refractivity contribution is 1.24. The topological polar surface area (TPSA) is 6.48 Å².